The molecular formula is C28H20F2O2. The molecule has 0 aromatic heterocycles. The first-order valence-electron chi connectivity index (χ1n) is 10.1. The largest absolute Gasteiger partial charge is 0.496 e. The summed E-state index contributed by atoms with van der Waals surface area (Å²) in [5.41, 5.74) is 4.07. The van der Waals surface area contributed by atoms with Crippen LogP contribution in [0.2, 0.25) is 0 Å². The number of ketones is 1. The standard InChI is InChI=1S/C28H20F2O2/c1-32-27-18-22(20-8-12-23(29)13-9-20)17-25(21-10-14-24(30)15-11-21)28(27)26(31)16-7-19-5-3-2-4-6-19/h2-18H,1H3/b16-7+. The first-order chi connectivity index (χ1) is 15.5. The Labute approximate surface area is 185 Å². The summed E-state index contributed by atoms with van der Waals surface area (Å²) in [6.45, 7) is 0. The van der Waals surface area contributed by atoms with Crippen LogP contribution in [0.1, 0.15) is 15.9 Å². The predicted octanol–water partition coefficient (Wildman–Crippen LogP) is 7.20. The molecule has 4 aromatic carbocycles. The van der Waals surface area contributed by atoms with Crippen LogP contribution in [-0.2, 0) is 0 Å². The molecule has 0 spiro atoms. The molecule has 0 radical (unpaired) electrons. The Balaban J connectivity index is 1.87. The molecule has 0 aliphatic heterocycles. The number of rotatable bonds is 6. The van der Waals surface area contributed by atoms with Crippen molar-refractivity contribution in [2.75, 3.05) is 7.11 Å². The lowest BCUT2D eigenvalue weighted by Gasteiger charge is -2.15. The van der Waals surface area contributed by atoms with Gasteiger partial charge in [0.1, 0.15) is 17.4 Å². The van der Waals surface area contributed by atoms with Crippen molar-refractivity contribution in [2.45, 2.75) is 0 Å². The molecule has 0 unspecified atom stereocenters. The van der Waals surface area contributed by atoms with Crippen LogP contribution in [0.3, 0.4) is 0 Å². The maximum Gasteiger partial charge on any atom is 0.190 e. The molecule has 0 bridgehead atoms. The molecule has 4 rings (SSSR count). The van der Waals surface area contributed by atoms with Gasteiger partial charge in [-0.1, -0.05) is 60.7 Å². The van der Waals surface area contributed by atoms with Gasteiger partial charge >= 0.3 is 0 Å². The van der Waals surface area contributed by atoms with E-state index < -0.39 is 0 Å². The SMILES string of the molecule is COc1cc(-c2ccc(F)cc2)cc(-c2ccc(F)cc2)c1C(=O)/C=C/c1ccccc1. The summed E-state index contributed by atoms with van der Waals surface area (Å²) < 4.78 is 32.6. The van der Waals surface area contributed by atoms with E-state index in [1.165, 1.54) is 37.5 Å². The van der Waals surface area contributed by atoms with E-state index in [4.69, 9.17) is 4.74 Å². The molecule has 4 heteroatoms. The van der Waals surface area contributed by atoms with Crippen LogP contribution in [0.4, 0.5) is 8.78 Å². The average molecular weight is 426 g/mol. The van der Waals surface area contributed by atoms with Gasteiger partial charge in [-0.2, -0.15) is 0 Å². The van der Waals surface area contributed by atoms with E-state index in [-0.39, 0.29) is 17.4 Å². The summed E-state index contributed by atoms with van der Waals surface area (Å²) in [6.07, 6.45) is 3.24. The second-order valence-electron chi connectivity index (χ2n) is 7.22. The van der Waals surface area contributed by atoms with Crippen molar-refractivity contribution in [1.29, 1.82) is 0 Å². The fraction of sp³-hybridized carbons (Fsp3) is 0.0357. The predicted molar refractivity (Wildman–Crippen MR) is 124 cm³/mol. The number of hydrogen-bond acceptors (Lipinski definition) is 2. The lowest BCUT2D eigenvalue weighted by Crippen LogP contribution is -2.03. The maximum absolute atomic E-state index is 13.6. The Hall–Kier alpha value is -4.05. The quantitative estimate of drug-likeness (QED) is 0.241. The molecule has 0 amide bonds. The summed E-state index contributed by atoms with van der Waals surface area (Å²) >= 11 is 0. The fourth-order valence-corrected chi connectivity index (χ4v) is 3.52. The zero-order valence-electron chi connectivity index (χ0n) is 17.4. The van der Waals surface area contributed by atoms with Gasteiger partial charge in [0.2, 0.25) is 0 Å². The number of hydrogen-bond donors (Lipinski definition) is 0. The van der Waals surface area contributed by atoms with Crippen molar-refractivity contribution < 1.29 is 18.3 Å². The summed E-state index contributed by atoms with van der Waals surface area (Å²) in [7, 11) is 1.50. The summed E-state index contributed by atoms with van der Waals surface area (Å²) in [5, 5.41) is 0. The minimum absolute atomic E-state index is 0.240. The molecule has 2 nitrogen and oxygen atoms in total. The van der Waals surface area contributed by atoms with Crippen LogP contribution in [0, 0.1) is 11.6 Å². The molecule has 0 N–H and O–H groups in total. The summed E-state index contributed by atoms with van der Waals surface area (Å²) in [4.78, 5) is 13.3. The highest BCUT2D eigenvalue weighted by atomic mass is 19.1. The summed E-state index contributed by atoms with van der Waals surface area (Å²) in [6, 6.07) is 25.1. The van der Waals surface area contributed by atoms with Crippen molar-refractivity contribution in [2.24, 2.45) is 0 Å². The normalized spacial score (nSPS) is 11.0. The van der Waals surface area contributed by atoms with Crippen molar-refractivity contribution in [3.63, 3.8) is 0 Å². The van der Waals surface area contributed by atoms with Gasteiger partial charge in [-0.25, -0.2) is 8.78 Å². The average Bonchev–Trinajstić information content (AvgIpc) is 2.83. The van der Waals surface area contributed by atoms with Gasteiger partial charge in [0.15, 0.2) is 5.78 Å². The monoisotopic (exact) mass is 426 g/mol. The Bertz CT molecular complexity index is 1260. The second-order valence-corrected chi connectivity index (χ2v) is 7.22. The Morgan fingerprint density at radius 3 is 1.94 bits per heavy atom. The molecular weight excluding hydrogens is 406 g/mol. The maximum atomic E-state index is 13.6. The van der Waals surface area contributed by atoms with Gasteiger partial charge < -0.3 is 4.74 Å². The number of ether oxygens (including phenoxy) is 1. The number of benzene rings is 4. The number of allylic oxidation sites excluding steroid dienone is 1. The molecule has 0 saturated carbocycles. The lowest BCUT2D eigenvalue weighted by molar-refractivity contribution is 0.104. The van der Waals surface area contributed by atoms with Crippen LogP contribution < -0.4 is 4.74 Å². The van der Waals surface area contributed by atoms with E-state index >= 15 is 0 Å². The highest BCUT2D eigenvalue weighted by molar-refractivity contribution is 6.13. The zero-order chi connectivity index (χ0) is 22.5. The molecule has 0 saturated heterocycles. The van der Waals surface area contributed by atoms with E-state index in [2.05, 4.69) is 0 Å². The molecule has 0 atom stereocenters. The number of methoxy groups -OCH3 is 1. The molecule has 158 valence electrons. The molecule has 0 fully saturated rings. The third-order valence-electron chi connectivity index (χ3n) is 5.13. The van der Waals surface area contributed by atoms with Gasteiger partial charge in [0.05, 0.1) is 12.7 Å². The fourth-order valence-electron chi connectivity index (χ4n) is 3.52. The van der Waals surface area contributed by atoms with E-state index in [0.717, 1.165) is 16.7 Å². The highest BCUT2D eigenvalue weighted by Crippen LogP contribution is 2.37. The van der Waals surface area contributed by atoms with Crippen LogP contribution in [0.25, 0.3) is 28.3 Å². The highest BCUT2D eigenvalue weighted by Gasteiger charge is 2.19. The number of halogens is 2. The van der Waals surface area contributed by atoms with E-state index in [0.29, 0.717) is 22.4 Å². The van der Waals surface area contributed by atoms with Crippen LogP contribution in [0.15, 0.2) is 97.1 Å². The molecule has 4 aromatic rings. The number of carbonyl (C=O) groups is 1. The first-order valence-corrected chi connectivity index (χ1v) is 10.1. The van der Waals surface area contributed by atoms with Crippen molar-refractivity contribution >= 4 is 11.9 Å². The van der Waals surface area contributed by atoms with E-state index in [1.54, 1.807) is 36.4 Å². The molecule has 0 aliphatic carbocycles. The molecule has 0 heterocycles. The summed E-state index contributed by atoms with van der Waals surface area (Å²) in [5.74, 6) is -0.561. The van der Waals surface area contributed by atoms with Crippen molar-refractivity contribution in [3.8, 4) is 28.0 Å². The Morgan fingerprint density at radius 2 is 1.34 bits per heavy atom. The smallest absolute Gasteiger partial charge is 0.190 e. The van der Waals surface area contributed by atoms with E-state index in [9.17, 15) is 13.6 Å². The third-order valence-corrected chi connectivity index (χ3v) is 5.13. The Kier molecular flexibility index (Phi) is 6.22. The number of carbonyl (C=O) groups excluding carboxylic acids is 1. The van der Waals surface area contributed by atoms with Crippen LogP contribution in [-0.4, -0.2) is 12.9 Å². The van der Waals surface area contributed by atoms with Crippen molar-refractivity contribution in [1.82, 2.24) is 0 Å². The minimum atomic E-state index is -0.368. The van der Waals surface area contributed by atoms with Gasteiger partial charge in [0.25, 0.3) is 0 Å². The lowest BCUT2D eigenvalue weighted by atomic mass is 9.91. The molecule has 32 heavy (non-hydrogen) atoms. The molecule has 0 aliphatic rings. The minimum Gasteiger partial charge on any atom is -0.496 e. The Morgan fingerprint density at radius 1 is 0.750 bits per heavy atom. The van der Waals surface area contributed by atoms with Gasteiger partial charge in [-0.05, 0) is 70.3 Å². The van der Waals surface area contributed by atoms with Gasteiger partial charge in [-0.15, -0.1) is 0 Å². The van der Waals surface area contributed by atoms with Gasteiger partial charge in [-0.3, -0.25) is 4.79 Å². The third kappa shape index (κ3) is 4.65. The van der Waals surface area contributed by atoms with Crippen LogP contribution >= 0.6 is 0 Å². The van der Waals surface area contributed by atoms with Gasteiger partial charge in [0, 0.05) is 0 Å². The second kappa shape index (κ2) is 9.40. The van der Waals surface area contributed by atoms with E-state index in [1.807, 2.05) is 36.4 Å². The van der Waals surface area contributed by atoms with Crippen molar-refractivity contribution in [3.05, 3.63) is 120 Å². The topological polar surface area (TPSA) is 26.3 Å². The van der Waals surface area contributed by atoms with Crippen LogP contribution in [0.5, 0.6) is 5.75 Å². The zero-order valence-corrected chi connectivity index (χ0v) is 17.4. The first kappa shape index (κ1) is 21.2.